The van der Waals surface area contributed by atoms with E-state index in [1.54, 1.807) is 0 Å². The normalized spacial score (nSPS) is 19.3. The molecule has 0 spiro atoms. The number of hydrogen-bond acceptors (Lipinski definition) is 3. The summed E-state index contributed by atoms with van der Waals surface area (Å²) in [6.07, 6.45) is 3.85. The number of rotatable bonds is 3. The van der Waals surface area contributed by atoms with Gasteiger partial charge >= 0.3 is 7.12 Å². The molecule has 5 heteroatoms. The van der Waals surface area contributed by atoms with Crippen LogP contribution in [-0.4, -0.2) is 28.1 Å². The third-order valence-electron chi connectivity index (χ3n) is 4.80. The summed E-state index contributed by atoms with van der Waals surface area (Å²) < 4.78 is 14.1. The van der Waals surface area contributed by atoms with Crippen LogP contribution in [0, 0.1) is 13.8 Å². The van der Waals surface area contributed by atoms with E-state index in [0.717, 1.165) is 12.0 Å². The van der Waals surface area contributed by atoms with Gasteiger partial charge in [0.1, 0.15) is 0 Å². The molecule has 1 aromatic carbocycles. The lowest BCUT2D eigenvalue weighted by Gasteiger charge is -2.32. The van der Waals surface area contributed by atoms with E-state index >= 15 is 0 Å². The zero-order valence-electron chi connectivity index (χ0n) is 14.9. The minimum atomic E-state index is -0.354. The molecule has 4 nitrogen and oxygen atoms in total. The van der Waals surface area contributed by atoms with Gasteiger partial charge in [-0.3, -0.25) is 4.68 Å². The number of aryl methyl sites for hydroxylation is 2. The smallest absolute Gasteiger partial charge is 0.399 e. The molecule has 1 aliphatic rings. The molecule has 3 rings (SSSR count). The molecule has 0 radical (unpaired) electrons. The van der Waals surface area contributed by atoms with E-state index in [1.165, 1.54) is 16.7 Å². The summed E-state index contributed by atoms with van der Waals surface area (Å²) in [5.41, 5.74) is 4.12. The van der Waals surface area contributed by atoms with Gasteiger partial charge in [0.05, 0.1) is 17.7 Å². The van der Waals surface area contributed by atoms with E-state index in [4.69, 9.17) is 9.31 Å². The second-order valence-corrected chi connectivity index (χ2v) is 7.56. The van der Waals surface area contributed by atoms with Crippen molar-refractivity contribution >= 4 is 12.6 Å². The van der Waals surface area contributed by atoms with E-state index in [1.807, 2.05) is 17.1 Å². The highest BCUT2D eigenvalue weighted by Crippen LogP contribution is 2.36. The summed E-state index contributed by atoms with van der Waals surface area (Å²) in [7, 11) is -0.354. The lowest BCUT2D eigenvalue weighted by Crippen LogP contribution is -2.41. The molecule has 1 aliphatic heterocycles. The summed E-state index contributed by atoms with van der Waals surface area (Å²) >= 11 is 0. The SMILES string of the molecule is Cc1cc(C)cc(Cn2cc(B3OC(C)(C)C(C)(C)O3)cn2)c1. The fraction of sp³-hybridized carbons (Fsp3) is 0.500. The maximum atomic E-state index is 6.08. The fourth-order valence-electron chi connectivity index (χ4n) is 2.91. The largest absolute Gasteiger partial charge is 0.498 e. The Hall–Kier alpha value is -1.59. The molecular weight excluding hydrogens is 287 g/mol. The number of nitrogens with zero attached hydrogens (tertiary/aromatic N) is 2. The van der Waals surface area contributed by atoms with Gasteiger partial charge in [-0.1, -0.05) is 29.3 Å². The minimum Gasteiger partial charge on any atom is -0.399 e. The highest BCUT2D eigenvalue weighted by molar-refractivity contribution is 6.61. The maximum Gasteiger partial charge on any atom is 0.498 e. The predicted molar refractivity (Wildman–Crippen MR) is 93.0 cm³/mol. The van der Waals surface area contributed by atoms with Gasteiger partial charge in [-0.15, -0.1) is 0 Å². The second-order valence-electron chi connectivity index (χ2n) is 7.56. The lowest BCUT2D eigenvalue weighted by molar-refractivity contribution is 0.00578. The second kappa shape index (κ2) is 5.50. The molecule has 0 saturated carbocycles. The van der Waals surface area contributed by atoms with Crippen molar-refractivity contribution in [2.45, 2.75) is 59.3 Å². The maximum absolute atomic E-state index is 6.08. The van der Waals surface area contributed by atoms with Gasteiger partial charge in [0, 0.05) is 17.9 Å². The Labute approximate surface area is 138 Å². The summed E-state index contributed by atoms with van der Waals surface area (Å²) in [6, 6.07) is 6.58. The molecule has 0 amide bonds. The summed E-state index contributed by atoms with van der Waals surface area (Å²) in [5, 5.41) is 4.47. The topological polar surface area (TPSA) is 36.3 Å². The van der Waals surface area contributed by atoms with Crippen LogP contribution in [0.25, 0.3) is 0 Å². The van der Waals surface area contributed by atoms with Crippen molar-refractivity contribution in [3.63, 3.8) is 0 Å². The molecule has 0 N–H and O–H groups in total. The average molecular weight is 312 g/mol. The average Bonchev–Trinajstić information content (AvgIpc) is 2.91. The quantitative estimate of drug-likeness (QED) is 0.818. The first-order valence-electron chi connectivity index (χ1n) is 8.11. The first-order chi connectivity index (χ1) is 10.7. The molecule has 0 aliphatic carbocycles. The van der Waals surface area contributed by atoms with Crippen molar-refractivity contribution < 1.29 is 9.31 Å². The van der Waals surface area contributed by atoms with Crippen LogP contribution >= 0.6 is 0 Å². The van der Waals surface area contributed by atoms with Crippen molar-refractivity contribution in [3.05, 3.63) is 47.3 Å². The molecule has 122 valence electrons. The van der Waals surface area contributed by atoms with Gasteiger partial charge in [-0.05, 0) is 47.1 Å². The molecule has 2 aromatic rings. The molecular formula is C18H25BN2O2. The zero-order chi connectivity index (χ0) is 16.8. The Morgan fingerprint density at radius 2 is 1.57 bits per heavy atom. The van der Waals surface area contributed by atoms with Crippen LogP contribution in [0.2, 0.25) is 0 Å². The van der Waals surface area contributed by atoms with Crippen LogP contribution in [0.5, 0.6) is 0 Å². The lowest BCUT2D eigenvalue weighted by atomic mass is 9.82. The van der Waals surface area contributed by atoms with Crippen molar-refractivity contribution in [2.75, 3.05) is 0 Å². The fourth-order valence-corrected chi connectivity index (χ4v) is 2.91. The Morgan fingerprint density at radius 3 is 2.13 bits per heavy atom. The third-order valence-corrected chi connectivity index (χ3v) is 4.80. The van der Waals surface area contributed by atoms with Gasteiger partial charge in [-0.25, -0.2) is 0 Å². The number of benzene rings is 1. The van der Waals surface area contributed by atoms with Crippen LogP contribution in [-0.2, 0) is 15.9 Å². The molecule has 1 fully saturated rings. The Morgan fingerprint density at radius 1 is 1.00 bits per heavy atom. The number of aromatic nitrogens is 2. The standard InChI is InChI=1S/C18H25BN2O2/c1-13-7-14(2)9-15(8-13)11-21-12-16(10-20-21)19-22-17(3,4)18(5,6)23-19/h7-10,12H,11H2,1-6H3. The van der Waals surface area contributed by atoms with E-state index in [-0.39, 0.29) is 18.3 Å². The first kappa shape index (κ1) is 16.3. The van der Waals surface area contributed by atoms with E-state index in [2.05, 4.69) is 64.8 Å². The van der Waals surface area contributed by atoms with Crippen LogP contribution in [0.15, 0.2) is 30.6 Å². The van der Waals surface area contributed by atoms with Crippen molar-refractivity contribution in [3.8, 4) is 0 Å². The monoisotopic (exact) mass is 312 g/mol. The van der Waals surface area contributed by atoms with Crippen LogP contribution in [0.3, 0.4) is 0 Å². The highest BCUT2D eigenvalue weighted by atomic mass is 16.7. The van der Waals surface area contributed by atoms with Gasteiger partial charge in [0.2, 0.25) is 0 Å². The van der Waals surface area contributed by atoms with Gasteiger partial charge < -0.3 is 9.31 Å². The van der Waals surface area contributed by atoms with Crippen LogP contribution in [0.4, 0.5) is 0 Å². The highest BCUT2D eigenvalue weighted by Gasteiger charge is 2.52. The molecule has 23 heavy (non-hydrogen) atoms. The van der Waals surface area contributed by atoms with Gasteiger partial charge in [0.15, 0.2) is 0 Å². The number of hydrogen-bond donors (Lipinski definition) is 0. The van der Waals surface area contributed by atoms with E-state index < -0.39 is 0 Å². The van der Waals surface area contributed by atoms with E-state index in [9.17, 15) is 0 Å². The van der Waals surface area contributed by atoms with Crippen LogP contribution in [0.1, 0.15) is 44.4 Å². The Bertz CT molecular complexity index is 685. The molecule has 0 atom stereocenters. The van der Waals surface area contributed by atoms with Crippen molar-refractivity contribution in [2.24, 2.45) is 0 Å². The molecule has 2 heterocycles. The van der Waals surface area contributed by atoms with E-state index in [0.29, 0.717) is 0 Å². The van der Waals surface area contributed by atoms with Crippen molar-refractivity contribution in [1.29, 1.82) is 0 Å². The zero-order valence-corrected chi connectivity index (χ0v) is 14.9. The minimum absolute atomic E-state index is 0.326. The third kappa shape index (κ3) is 3.21. The molecule has 1 saturated heterocycles. The summed E-state index contributed by atoms with van der Waals surface area (Å²) in [4.78, 5) is 0. The summed E-state index contributed by atoms with van der Waals surface area (Å²) in [6.45, 7) is 13.2. The summed E-state index contributed by atoms with van der Waals surface area (Å²) in [5.74, 6) is 0. The van der Waals surface area contributed by atoms with Crippen LogP contribution < -0.4 is 5.46 Å². The van der Waals surface area contributed by atoms with Crippen molar-refractivity contribution in [1.82, 2.24) is 9.78 Å². The molecule has 1 aromatic heterocycles. The molecule has 0 unspecified atom stereocenters. The predicted octanol–water partition coefficient (Wildman–Crippen LogP) is 2.85. The molecule has 0 bridgehead atoms. The first-order valence-corrected chi connectivity index (χ1v) is 8.11. The Kier molecular flexibility index (Phi) is 3.89. The van der Waals surface area contributed by atoms with Gasteiger partial charge in [0.25, 0.3) is 0 Å². The Balaban J connectivity index is 1.76. The van der Waals surface area contributed by atoms with Gasteiger partial charge in [-0.2, -0.15) is 5.10 Å².